The van der Waals surface area contributed by atoms with Gasteiger partial charge in [0, 0.05) is 16.7 Å². The van der Waals surface area contributed by atoms with Gasteiger partial charge in [0.15, 0.2) is 11.5 Å². The van der Waals surface area contributed by atoms with E-state index in [2.05, 4.69) is 0 Å². The molecule has 0 aliphatic rings. The minimum Gasteiger partial charge on any atom is -0.493 e. The van der Waals surface area contributed by atoms with E-state index in [1.165, 1.54) is 44.6 Å². The van der Waals surface area contributed by atoms with Crippen molar-refractivity contribution in [3.8, 4) is 11.5 Å². The summed E-state index contributed by atoms with van der Waals surface area (Å²) in [5, 5.41) is 0.398. The summed E-state index contributed by atoms with van der Waals surface area (Å²) in [5.74, 6) is 0.147. The van der Waals surface area contributed by atoms with Crippen molar-refractivity contribution < 1.29 is 22.7 Å². The molecule has 0 spiro atoms. The van der Waals surface area contributed by atoms with Gasteiger partial charge >= 0.3 is 0 Å². The van der Waals surface area contributed by atoms with Crippen molar-refractivity contribution in [2.45, 2.75) is 4.90 Å². The molecule has 2 rings (SSSR count). The highest BCUT2D eigenvalue weighted by Gasteiger charge is 2.16. The third-order valence-corrected chi connectivity index (χ3v) is 4.82. The molecular weight excluding hydrogens is 366 g/mol. The van der Waals surface area contributed by atoms with Crippen LogP contribution >= 0.6 is 11.6 Å². The summed E-state index contributed by atoms with van der Waals surface area (Å²) in [6.07, 6.45) is 2.54. The predicted molar refractivity (Wildman–Crippen MR) is 95.4 cm³/mol. The van der Waals surface area contributed by atoms with Crippen LogP contribution in [0, 0.1) is 0 Å². The summed E-state index contributed by atoms with van der Waals surface area (Å²) in [5.41, 5.74) is 0.570. The van der Waals surface area contributed by atoms with Gasteiger partial charge in [-0.15, -0.1) is 0 Å². The van der Waals surface area contributed by atoms with Crippen LogP contribution in [0.15, 0.2) is 53.4 Å². The molecule has 0 aliphatic carbocycles. The van der Waals surface area contributed by atoms with Crippen LogP contribution in [0.4, 0.5) is 0 Å². The molecule has 8 heteroatoms. The lowest BCUT2D eigenvalue weighted by molar-refractivity contribution is -0.114. The molecule has 0 fully saturated rings. The predicted octanol–water partition coefficient (Wildman–Crippen LogP) is 2.88. The van der Waals surface area contributed by atoms with Gasteiger partial charge in [-0.3, -0.25) is 4.79 Å². The summed E-state index contributed by atoms with van der Waals surface area (Å²) < 4.78 is 36.6. The van der Waals surface area contributed by atoms with Crippen LogP contribution in [0.25, 0.3) is 6.08 Å². The maximum absolute atomic E-state index is 12.1. The van der Waals surface area contributed by atoms with Gasteiger partial charge in [-0.2, -0.15) is 0 Å². The second-order valence-electron chi connectivity index (χ2n) is 4.84. The van der Waals surface area contributed by atoms with Crippen molar-refractivity contribution in [1.82, 2.24) is 4.72 Å². The number of carbonyl (C=O) groups excluding carboxylic acids is 1. The summed E-state index contributed by atoms with van der Waals surface area (Å²) in [7, 11) is -1.01. The minimum absolute atomic E-state index is 0.0578. The Bertz CT molecular complexity index is 892. The van der Waals surface area contributed by atoms with Gasteiger partial charge in [-0.25, -0.2) is 13.1 Å². The summed E-state index contributed by atoms with van der Waals surface area (Å²) in [4.78, 5) is 11.9. The van der Waals surface area contributed by atoms with Gasteiger partial charge in [-0.1, -0.05) is 23.7 Å². The van der Waals surface area contributed by atoms with Crippen molar-refractivity contribution in [3.63, 3.8) is 0 Å². The fraction of sp³-hybridized carbons (Fsp3) is 0.118. The molecular formula is C17H16ClNO5S. The lowest BCUT2D eigenvalue weighted by Gasteiger charge is -2.09. The van der Waals surface area contributed by atoms with E-state index >= 15 is 0 Å². The van der Waals surface area contributed by atoms with Crippen molar-refractivity contribution in [1.29, 1.82) is 0 Å². The van der Waals surface area contributed by atoms with Crippen molar-refractivity contribution in [3.05, 3.63) is 59.1 Å². The first kappa shape index (κ1) is 18.8. The zero-order valence-electron chi connectivity index (χ0n) is 13.5. The summed E-state index contributed by atoms with van der Waals surface area (Å²) in [6.45, 7) is 0. The molecule has 1 amide bonds. The smallest absolute Gasteiger partial charge is 0.264 e. The Labute approximate surface area is 151 Å². The standard InChI is InChI=1S/C17H16ClNO5S/c1-23-15-5-3-4-12(17(15)24-2)6-11-16(20)19-25(21,22)14-9-7-13(18)8-10-14/h3-11H,1-2H3,(H,19,20)/b11-6-. The number of benzene rings is 2. The quantitative estimate of drug-likeness (QED) is 0.778. The van der Waals surface area contributed by atoms with E-state index in [1.807, 2.05) is 4.72 Å². The number of halogens is 1. The van der Waals surface area contributed by atoms with Gasteiger partial charge in [0.1, 0.15) is 0 Å². The molecule has 0 radical (unpaired) electrons. The first-order valence-electron chi connectivity index (χ1n) is 7.09. The first-order chi connectivity index (χ1) is 11.9. The first-order valence-corrected chi connectivity index (χ1v) is 8.95. The Morgan fingerprint density at radius 1 is 1.08 bits per heavy atom. The van der Waals surface area contributed by atoms with Crippen molar-refractivity contribution in [2.75, 3.05) is 14.2 Å². The topological polar surface area (TPSA) is 81.7 Å². The minimum atomic E-state index is -3.97. The number of rotatable bonds is 6. The largest absolute Gasteiger partial charge is 0.493 e. The summed E-state index contributed by atoms with van der Waals surface area (Å²) >= 11 is 5.72. The van der Waals surface area contributed by atoms with Crippen LogP contribution in [-0.2, 0) is 14.8 Å². The molecule has 2 aromatic carbocycles. The number of hydrogen-bond acceptors (Lipinski definition) is 5. The van der Waals surface area contributed by atoms with Gasteiger partial charge in [0.25, 0.3) is 15.9 Å². The van der Waals surface area contributed by atoms with Crippen LogP contribution in [0.1, 0.15) is 5.56 Å². The molecule has 132 valence electrons. The SMILES string of the molecule is COc1cccc(/C=C\C(=O)NS(=O)(=O)c2ccc(Cl)cc2)c1OC. The molecule has 1 N–H and O–H groups in total. The monoisotopic (exact) mass is 381 g/mol. The van der Waals surface area contributed by atoms with Crippen LogP contribution in [0.3, 0.4) is 0 Å². The van der Waals surface area contributed by atoms with E-state index in [4.69, 9.17) is 21.1 Å². The van der Waals surface area contributed by atoms with E-state index in [-0.39, 0.29) is 4.90 Å². The molecule has 0 atom stereocenters. The van der Waals surface area contributed by atoms with E-state index < -0.39 is 15.9 Å². The highest BCUT2D eigenvalue weighted by atomic mass is 35.5. The van der Waals surface area contributed by atoms with Gasteiger partial charge in [0.05, 0.1) is 19.1 Å². The van der Waals surface area contributed by atoms with E-state index in [1.54, 1.807) is 18.2 Å². The lowest BCUT2D eigenvalue weighted by atomic mass is 10.1. The molecule has 6 nitrogen and oxygen atoms in total. The number of para-hydroxylation sites is 1. The second kappa shape index (κ2) is 8.04. The normalized spacial score (nSPS) is 11.3. The van der Waals surface area contributed by atoms with Gasteiger partial charge in [0.2, 0.25) is 0 Å². The van der Waals surface area contributed by atoms with Gasteiger partial charge in [-0.05, 0) is 36.4 Å². The molecule has 25 heavy (non-hydrogen) atoms. The average molecular weight is 382 g/mol. The number of carbonyl (C=O) groups is 1. The molecule has 0 bridgehead atoms. The maximum Gasteiger partial charge on any atom is 0.264 e. The van der Waals surface area contributed by atoms with Crippen LogP contribution in [0.2, 0.25) is 5.02 Å². The van der Waals surface area contributed by atoms with Gasteiger partial charge < -0.3 is 9.47 Å². The number of ether oxygens (including phenoxy) is 2. The van der Waals surface area contributed by atoms with E-state index in [0.717, 1.165) is 6.08 Å². The maximum atomic E-state index is 12.1. The van der Waals surface area contributed by atoms with E-state index in [0.29, 0.717) is 22.1 Å². The molecule has 0 heterocycles. The number of sulfonamides is 1. The molecule has 0 unspecified atom stereocenters. The van der Waals surface area contributed by atoms with Crippen LogP contribution in [0.5, 0.6) is 11.5 Å². The van der Waals surface area contributed by atoms with Crippen molar-refractivity contribution >= 4 is 33.6 Å². The Morgan fingerprint density at radius 3 is 2.36 bits per heavy atom. The summed E-state index contributed by atoms with van der Waals surface area (Å²) in [6, 6.07) is 10.6. The highest BCUT2D eigenvalue weighted by Crippen LogP contribution is 2.31. The fourth-order valence-corrected chi connectivity index (χ4v) is 3.12. The molecule has 0 aliphatic heterocycles. The van der Waals surface area contributed by atoms with Crippen LogP contribution < -0.4 is 14.2 Å². The second-order valence-corrected chi connectivity index (χ2v) is 6.96. The number of amides is 1. The van der Waals surface area contributed by atoms with Crippen LogP contribution in [-0.4, -0.2) is 28.5 Å². The third-order valence-electron chi connectivity index (χ3n) is 3.21. The van der Waals surface area contributed by atoms with E-state index in [9.17, 15) is 13.2 Å². The average Bonchev–Trinajstić information content (AvgIpc) is 2.59. The number of methoxy groups -OCH3 is 2. The Hall–Kier alpha value is -2.51. The lowest BCUT2D eigenvalue weighted by Crippen LogP contribution is -2.28. The molecule has 0 saturated carbocycles. The third kappa shape index (κ3) is 4.74. The number of nitrogens with one attached hydrogen (secondary N) is 1. The molecule has 2 aromatic rings. The Morgan fingerprint density at radius 2 is 1.76 bits per heavy atom. The van der Waals surface area contributed by atoms with Crippen molar-refractivity contribution in [2.24, 2.45) is 0 Å². The zero-order valence-corrected chi connectivity index (χ0v) is 15.1. The number of hydrogen-bond donors (Lipinski definition) is 1. The molecule has 0 aromatic heterocycles. The highest BCUT2D eigenvalue weighted by molar-refractivity contribution is 7.90. The Kier molecular flexibility index (Phi) is 6.06. The fourth-order valence-electron chi connectivity index (χ4n) is 2.05. The zero-order chi connectivity index (χ0) is 18.4. The Balaban J connectivity index is 2.17. The molecule has 0 saturated heterocycles.